The lowest BCUT2D eigenvalue weighted by molar-refractivity contribution is -0.120. The highest BCUT2D eigenvalue weighted by atomic mass is 32.2. The van der Waals surface area contributed by atoms with Crippen LogP contribution in [0.5, 0.6) is 0 Å². The molecule has 1 saturated heterocycles. The van der Waals surface area contributed by atoms with Crippen LogP contribution in [0.4, 0.5) is 0 Å². The number of sulfone groups is 1. The van der Waals surface area contributed by atoms with Crippen molar-refractivity contribution in [1.82, 2.24) is 4.90 Å². The zero-order valence-corrected chi connectivity index (χ0v) is 12.1. The molecule has 4 nitrogen and oxygen atoms in total. The van der Waals surface area contributed by atoms with Crippen molar-refractivity contribution >= 4 is 27.4 Å². The fraction of sp³-hybridized carbons (Fsp3) is 0.909. The standard InChI is InChI=1S/C11H21NO3S2/c1-3-5-10(13)8-12-6-7-16-9-11(12)17(14,15)4-2/h11H,3-9H2,1-2H3. The van der Waals surface area contributed by atoms with E-state index in [-0.39, 0.29) is 18.1 Å². The Hall–Kier alpha value is -0.0700. The van der Waals surface area contributed by atoms with Crippen LogP contribution < -0.4 is 0 Å². The van der Waals surface area contributed by atoms with Crippen molar-refractivity contribution in [2.24, 2.45) is 0 Å². The van der Waals surface area contributed by atoms with E-state index in [2.05, 4.69) is 0 Å². The van der Waals surface area contributed by atoms with Crippen molar-refractivity contribution in [1.29, 1.82) is 0 Å². The van der Waals surface area contributed by atoms with Gasteiger partial charge in [-0.25, -0.2) is 8.42 Å². The van der Waals surface area contributed by atoms with Crippen molar-refractivity contribution in [3.8, 4) is 0 Å². The minimum Gasteiger partial charge on any atom is -0.298 e. The van der Waals surface area contributed by atoms with Gasteiger partial charge in [-0.05, 0) is 6.42 Å². The van der Waals surface area contributed by atoms with Crippen LogP contribution in [0.2, 0.25) is 0 Å². The Balaban J connectivity index is 2.70. The minimum atomic E-state index is -3.08. The molecule has 1 fully saturated rings. The molecule has 100 valence electrons. The maximum absolute atomic E-state index is 11.9. The Morgan fingerprint density at radius 3 is 2.71 bits per heavy atom. The van der Waals surface area contributed by atoms with Crippen molar-refractivity contribution in [3.05, 3.63) is 0 Å². The summed E-state index contributed by atoms with van der Waals surface area (Å²) in [6.07, 6.45) is 1.37. The van der Waals surface area contributed by atoms with Gasteiger partial charge in [-0.15, -0.1) is 0 Å². The third kappa shape index (κ3) is 4.26. The number of rotatable bonds is 6. The molecule has 0 aromatic rings. The number of thioether (sulfide) groups is 1. The summed E-state index contributed by atoms with van der Waals surface area (Å²) in [5.41, 5.74) is 0. The van der Waals surface area contributed by atoms with Gasteiger partial charge in [0.2, 0.25) is 0 Å². The fourth-order valence-corrected chi connectivity index (χ4v) is 4.98. The molecule has 0 N–H and O–H groups in total. The molecule has 1 heterocycles. The molecular weight excluding hydrogens is 258 g/mol. The second-order valence-electron chi connectivity index (χ2n) is 4.24. The summed E-state index contributed by atoms with van der Waals surface area (Å²) in [5, 5.41) is -0.466. The Kier molecular flexibility index (Phi) is 5.95. The predicted molar refractivity (Wildman–Crippen MR) is 72.1 cm³/mol. The van der Waals surface area contributed by atoms with Crippen molar-refractivity contribution in [2.75, 3.05) is 30.3 Å². The lowest BCUT2D eigenvalue weighted by atomic mass is 10.2. The van der Waals surface area contributed by atoms with Crippen LogP contribution in [0.3, 0.4) is 0 Å². The molecule has 0 radical (unpaired) electrons. The number of ketones is 1. The van der Waals surface area contributed by atoms with Crippen molar-refractivity contribution in [2.45, 2.75) is 32.1 Å². The first-order valence-electron chi connectivity index (χ1n) is 6.06. The summed E-state index contributed by atoms with van der Waals surface area (Å²) >= 11 is 1.66. The third-order valence-corrected chi connectivity index (χ3v) is 6.25. The van der Waals surface area contributed by atoms with Gasteiger partial charge >= 0.3 is 0 Å². The molecule has 0 bridgehead atoms. The smallest absolute Gasteiger partial charge is 0.166 e. The highest BCUT2D eigenvalue weighted by Gasteiger charge is 2.33. The van der Waals surface area contributed by atoms with E-state index in [9.17, 15) is 13.2 Å². The number of Topliss-reactive ketones (excluding diaryl/α,β-unsaturated/α-hetero) is 1. The van der Waals surface area contributed by atoms with Crippen LogP contribution in [0.1, 0.15) is 26.7 Å². The van der Waals surface area contributed by atoms with Gasteiger partial charge in [-0.1, -0.05) is 13.8 Å². The van der Waals surface area contributed by atoms with Gasteiger partial charge in [0.05, 0.1) is 6.54 Å². The zero-order chi connectivity index (χ0) is 12.9. The van der Waals surface area contributed by atoms with E-state index in [0.29, 0.717) is 18.7 Å². The third-order valence-electron chi connectivity index (χ3n) is 2.92. The summed E-state index contributed by atoms with van der Waals surface area (Å²) in [4.78, 5) is 13.5. The fourth-order valence-electron chi connectivity index (χ4n) is 1.90. The zero-order valence-electron chi connectivity index (χ0n) is 10.5. The molecule has 1 unspecified atom stereocenters. The summed E-state index contributed by atoms with van der Waals surface area (Å²) in [7, 11) is -3.08. The van der Waals surface area contributed by atoms with Gasteiger partial charge in [0, 0.05) is 30.2 Å². The molecule has 0 aliphatic carbocycles. The highest BCUT2D eigenvalue weighted by Crippen LogP contribution is 2.21. The van der Waals surface area contributed by atoms with Crippen LogP contribution in [0, 0.1) is 0 Å². The van der Waals surface area contributed by atoms with E-state index in [4.69, 9.17) is 0 Å². The van der Waals surface area contributed by atoms with E-state index < -0.39 is 15.2 Å². The normalized spacial score (nSPS) is 22.6. The number of hydrogen-bond acceptors (Lipinski definition) is 5. The number of nitrogens with zero attached hydrogens (tertiary/aromatic N) is 1. The van der Waals surface area contributed by atoms with Gasteiger partial charge in [0.1, 0.15) is 11.2 Å². The van der Waals surface area contributed by atoms with Crippen molar-refractivity contribution in [3.63, 3.8) is 0 Å². The molecule has 6 heteroatoms. The second kappa shape index (κ2) is 6.75. The molecule has 1 atom stereocenters. The minimum absolute atomic E-state index is 0.149. The topological polar surface area (TPSA) is 54.5 Å². The molecule has 0 aromatic heterocycles. The molecule has 0 spiro atoms. The van der Waals surface area contributed by atoms with E-state index in [1.165, 1.54) is 0 Å². The van der Waals surface area contributed by atoms with E-state index >= 15 is 0 Å². The molecule has 0 saturated carbocycles. The monoisotopic (exact) mass is 279 g/mol. The van der Waals surface area contributed by atoms with Crippen LogP contribution in [0.15, 0.2) is 0 Å². The molecule has 1 rings (SSSR count). The summed E-state index contributed by atoms with van der Waals surface area (Å²) < 4.78 is 23.9. The van der Waals surface area contributed by atoms with Gasteiger partial charge in [-0.2, -0.15) is 11.8 Å². The summed E-state index contributed by atoms with van der Waals surface area (Å²) in [6.45, 7) is 4.62. The lowest BCUT2D eigenvalue weighted by Crippen LogP contribution is -2.49. The Bertz CT molecular complexity index is 354. The SMILES string of the molecule is CCCC(=O)CN1CCSCC1S(=O)(=O)CC. The van der Waals surface area contributed by atoms with Crippen LogP contribution in [0.25, 0.3) is 0 Å². The average molecular weight is 279 g/mol. The first-order chi connectivity index (χ1) is 8.01. The largest absolute Gasteiger partial charge is 0.298 e. The molecule has 1 aliphatic rings. The highest BCUT2D eigenvalue weighted by molar-refractivity contribution is 8.01. The number of carbonyl (C=O) groups is 1. The molecule has 0 amide bonds. The summed E-state index contributed by atoms with van der Waals surface area (Å²) in [5.74, 6) is 1.80. The Labute approximate surface area is 108 Å². The van der Waals surface area contributed by atoms with Crippen LogP contribution in [-0.2, 0) is 14.6 Å². The molecule has 17 heavy (non-hydrogen) atoms. The lowest BCUT2D eigenvalue weighted by Gasteiger charge is -2.34. The number of carbonyl (C=O) groups excluding carboxylic acids is 1. The van der Waals surface area contributed by atoms with Gasteiger partial charge in [-0.3, -0.25) is 9.69 Å². The first kappa shape index (κ1) is 15.0. The first-order valence-corrected chi connectivity index (χ1v) is 8.93. The second-order valence-corrected chi connectivity index (χ2v) is 7.84. The van der Waals surface area contributed by atoms with Crippen molar-refractivity contribution < 1.29 is 13.2 Å². The van der Waals surface area contributed by atoms with Gasteiger partial charge < -0.3 is 0 Å². The maximum Gasteiger partial charge on any atom is 0.166 e. The van der Waals surface area contributed by atoms with Crippen LogP contribution in [-0.4, -0.2) is 54.8 Å². The average Bonchev–Trinajstić information content (AvgIpc) is 2.30. The Morgan fingerprint density at radius 2 is 2.12 bits per heavy atom. The predicted octanol–water partition coefficient (Wildman–Crippen LogP) is 1.17. The number of hydrogen-bond donors (Lipinski definition) is 0. The van der Waals surface area contributed by atoms with Crippen LogP contribution >= 0.6 is 11.8 Å². The molecule has 1 aliphatic heterocycles. The molecule has 0 aromatic carbocycles. The molecular formula is C11H21NO3S2. The van der Waals surface area contributed by atoms with Gasteiger partial charge in [0.15, 0.2) is 9.84 Å². The quantitative estimate of drug-likeness (QED) is 0.730. The van der Waals surface area contributed by atoms with E-state index in [1.54, 1.807) is 18.7 Å². The van der Waals surface area contributed by atoms with Gasteiger partial charge in [0.25, 0.3) is 0 Å². The maximum atomic E-state index is 11.9. The Morgan fingerprint density at radius 1 is 1.41 bits per heavy atom. The summed E-state index contributed by atoms with van der Waals surface area (Å²) in [6, 6.07) is 0. The van der Waals surface area contributed by atoms with E-state index in [1.807, 2.05) is 11.8 Å². The van der Waals surface area contributed by atoms with E-state index in [0.717, 1.165) is 12.2 Å².